The predicted molar refractivity (Wildman–Crippen MR) is 84.8 cm³/mol. The smallest absolute Gasteiger partial charge is 0.261 e. The van der Waals surface area contributed by atoms with Crippen molar-refractivity contribution in [3.05, 3.63) is 38.8 Å². The highest BCUT2D eigenvalue weighted by Gasteiger charge is 2.25. The molecule has 2 aromatic heterocycles. The average Bonchev–Trinajstić information content (AvgIpc) is 3.03. The first kappa shape index (κ1) is 14.3. The van der Waals surface area contributed by atoms with Crippen molar-refractivity contribution >= 4 is 17.2 Å². The molecule has 0 saturated heterocycles. The Labute approximate surface area is 129 Å². The van der Waals surface area contributed by atoms with Gasteiger partial charge in [-0.3, -0.25) is 9.48 Å². The summed E-state index contributed by atoms with van der Waals surface area (Å²) in [6, 6.07) is 2.13. The van der Waals surface area contributed by atoms with Crippen molar-refractivity contribution in [3.8, 4) is 0 Å². The Hall–Kier alpha value is -1.62. The molecule has 4 nitrogen and oxygen atoms in total. The summed E-state index contributed by atoms with van der Waals surface area (Å²) in [4.78, 5) is 14.5. The van der Waals surface area contributed by atoms with E-state index in [0.717, 1.165) is 30.6 Å². The van der Waals surface area contributed by atoms with Gasteiger partial charge in [-0.1, -0.05) is 6.92 Å². The van der Waals surface area contributed by atoms with E-state index in [1.807, 2.05) is 24.0 Å². The molecule has 0 fully saturated rings. The Balaban J connectivity index is 1.79. The van der Waals surface area contributed by atoms with Gasteiger partial charge in [-0.15, -0.1) is 11.3 Å². The van der Waals surface area contributed by atoms with Crippen molar-refractivity contribution in [2.24, 2.45) is 7.05 Å². The molecule has 1 aliphatic rings. The minimum atomic E-state index is 0.0458. The molecule has 2 aromatic rings. The third-order valence-electron chi connectivity index (χ3n) is 4.31. The molecular weight excluding hydrogens is 282 g/mol. The maximum atomic E-state index is 12.5. The highest BCUT2D eigenvalue weighted by Crippen LogP contribution is 2.30. The van der Waals surface area contributed by atoms with Crippen LogP contribution < -0.4 is 5.32 Å². The molecule has 3 rings (SSSR count). The summed E-state index contributed by atoms with van der Waals surface area (Å²) >= 11 is 1.59. The van der Waals surface area contributed by atoms with Crippen LogP contribution in [-0.4, -0.2) is 15.7 Å². The zero-order valence-corrected chi connectivity index (χ0v) is 13.6. The maximum Gasteiger partial charge on any atom is 0.261 e. The van der Waals surface area contributed by atoms with Crippen LogP contribution in [0.4, 0.5) is 0 Å². The number of nitrogens with zero attached hydrogens (tertiary/aromatic N) is 2. The van der Waals surface area contributed by atoms with E-state index in [1.165, 1.54) is 21.7 Å². The van der Waals surface area contributed by atoms with Gasteiger partial charge in [0.1, 0.15) is 0 Å². The molecule has 0 saturated carbocycles. The minimum Gasteiger partial charge on any atom is -0.344 e. The quantitative estimate of drug-likeness (QED) is 0.947. The molecule has 1 atom stereocenters. The SMILES string of the molecule is CCc1cc(C(=O)N[C@@H]2CCCc3c2cnn3C)sc1C. The molecule has 1 N–H and O–H groups in total. The van der Waals surface area contributed by atoms with Gasteiger partial charge in [0.15, 0.2) is 0 Å². The number of amides is 1. The summed E-state index contributed by atoms with van der Waals surface area (Å²) in [6.45, 7) is 4.21. The van der Waals surface area contributed by atoms with Crippen molar-refractivity contribution in [1.82, 2.24) is 15.1 Å². The van der Waals surface area contributed by atoms with E-state index in [-0.39, 0.29) is 11.9 Å². The number of nitrogens with one attached hydrogen (secondary N) is 1. The second-order valence-corrected chi connectivity index (χ2v) is 6.89. The van der Waals surface area contributed by atoms with E-state index in [9.17, 15) is 4.79 Å². The van der Waals surface area contributed by atoms with Crippen molar-refractivity contribution < 1.29 is 4.79 Å². The minimum absolute atomic E-state index is 0.0458. The van der Waals surface area contributed by atoms with Gasteiger partial charge < -0.3 is 5.32 Å². The van der Waals surface area contributed by atoms with Crippen LogP contribution in [0, 0.1) is 6.92 Å². The molecule has 5 heteroatoms. The third kappa shape index (κ3) is 2.62. The first-order chi connectivity index (χ1) is 10.1. The van der Waals surface area contributed by atoms with Crippen LogP contribution in [0.2, 0.25) is 0 Å². The first-order valence-electron chi connectivity index (χ1n) is 7.51. The molecule has 0 unspecified atom stereocenters. The summed E-state index contributed by atoms with van der Waals surface area (Å²) in [6.07, 6.45) is 6.02. The summed E-state index contributed by atoms with van der Waals surface area (Å²) in [7, 11) is 1.97. The van der Waals surface area contributed by atoms with Crippen LogP contribution >= 0.6 is 11.3 Å². The fourth-order valence-electron chi connectivity index (χ4n) is 3.07. The largest absolute Gasteiger partial charge is 0.344 e. The molecule has 1 aliphatic carbocycles. The normalized spacial score (nSPS) is 17.6. The van der Waals surface area contributed by atoms with Gasteiger partial charge in [-0.2, -0.15) is 5.10 Å². The van der Waals surface area contributed by atoms with Crippen LogP contribution in [0.1, 0.15) is 57.2 Å². The monoisotopic (exact) mass is 303 g/mol. The first-order valence-corrected chi connectivity index (χ1v) is 8.32. The van der Waals surface area contributed by atoms with E-state index in [4.69, 9.17) is 0 Å². The molecule has 112 valence electrons. The second-order valence-electron chi connectivity index (χ2n) is 5.63. The van der Waals surface area contributed by atoms with Gasteiger partial charge in [0.2, 0.25) is 0 Å². The third-order valence-corrected chi connectivity index (χ3v) is 5.40. The van der Waals surface area contributed by atoms with E-state index >= 15 is 0 Å². The summed E-state index contributed by atoms with van der Waals surface area (Å²) < 4.78 is 1.93. The van der Waals surface area contributed by atoms with Crippen molar-refractivity contribution in [1.29, 1.82) is 0 Å². The highest BCUT2D eigenvalue weighted by atomic mass is 32.1. The van der Waals surface area contributed by atoms with Gasteiger partial charge >= 0.3 is 0 Å². The van der Waals surface area contributed by atoms with Crippen LogP contribution in [-0.2, 0) is 19.9 Å². The number of aromatic nitrogens is 2. The Bertz CT molecular complexity index is 671. The number of rotatable bonds is 3. The summed E-state index contributed by atoms with van der Waals surface area (Å²) in [5.41, 5.74) is 3.71. The van der Waals surface area contributed by atoms with Gasteiger partial charge in [-0.05, 0) is 44.2 Å². The lowest BCUT2D eigenvalue weighted by Crippen LogP contribution is -2.30. The molecular formula is C16H21N3OS. The molecule has 21 heavy (non-hydrogen) atoms. The van der Waals surface area contributed by atoms with Crippen LogP contribution in [0.5, 0.6) is 0 Å². The van der Waals surface area contributed by atoms with E-state index in [1.54, 1.807) is 11.3 Å². The maximum absolute atomic E-state index is 12.5. The second kappa shape index (κ2) is 5.64. The topological polar surface area (TPSA) is 46.9 Å². The van der Waals surface area contributed by atoms with E-state index < -0.39 is 0 Å². The van der Waals surface area contributed by atoms with Gasteiger partial charge in [0, 0.05) is 23.2 Å². The molecule has 2 heterocycles. The zero-order valence-electron chi connectivity index (χ0n) is 12.8. The fraction of sp³-hybridized carbons (Fsp3) is 0.500. The number of fused-ring (bicyclic) bond motifs is 1. The van der Waals surface area contributed by atoms with Crippen LogP contribution in [0.25, 0.3) is 0 Å². The Morgan fingerprint density at radius 2 is 2.38 bits per heavy atom. The number of thiophene rings is 1. The number of hydrogen-bond acceptors (Lipinski definition) is 3. The van der Waals surface area contributed by atoms with Gasteiger partial charge in [0.05, 0.1) is 17.1 Å². The highest BCUT2D eigenvalue weighted by molar-refractivity contribution is 7.14. The lowest BCUT2D eigenvalue weighted by molar-refractivity contribution is 0.0936. The van der Waals surface area contributed by atoms with Gasteiger partial charge in [0.25, 0.3) is 5.91 Å². The molecule has 0 aliphatic heterocycles. The molecule has 0 radical (unpaired) electrons. The van der Waals surface area contributed by atoms with Crippen molar-refractivity contribution in [2.45, 2.75) is 45.6 Å². The summed E-state index contributed by atoms with van der Waals surface area (Å²) in [5.74, 6) is 0.0458. The zero-order chi connectivity index (χ0) is 15.0. The summed E-state index contributed by atoms with van der Waals surface area (Å²) in [5, 5.41) is 7.52. The van der Waals surface area contributed by atoms with Crippen LogP contribution in [0.3, 0.4) is 0 Å². The number of carbonyl (C=O) groups excluding carboxylic acids is 1. The van der Waals surface area contributed by atoms with E-state index in [0.29, 0.717) is 0 Å². The molecule has 0 aromatic carbocycles. The number of carbonyl (C=O) groups is 1. The Morgan fingerprint density at radius 1 is 1.57 bits per heavy atom. The van der Waals surface area contributed by atoms with Crippen molar-refractivity contribution in [2.75, 3.05) is 0 Å². The van der Waals surface area contributed by atoms with Gasteiger partial charge in [-0.25, -0.2) is 0 Å². The standard InChI is InChI=1S/C16H21N3OS/c1-4-11-8-15(21-10(11)2)16(20)18-13-6-5-7-14-12(13)9-17-19(14)3/h8-9,13H,4-7H2,1-3H3,(H,18,20)/t13-/m1/s1. The number of aryl methyl sites for hydroxylation is 3. The Morgan fingerprint density at radius 3 is 3.10 bits per heavy atom. The Kier molecular flexibility index (Phi) is 3.85. The molecule has 1 amide bonds. The molecule has 0 bridgehead atoms. The molecule has 0 spiro atoms. The lowest BCUT2D eigenvalue weighted by Gasteiger charge is -2.23. The average molecular weight is 303 g/mol. The van der Waals surface area contributed by atoms with Crippen molar-refractivity contribution in [3.63, 3.8) is 0 Å². The lowest BCUT2D eigenvalue weighted by atomic mass is 9.93. The number of hydrogen-bond donors (Lipinski definition) is 1. The predicted octanol–water partition coefficient (Wildman–Crippen LogP) is 3.16. The van der Waals surface area contributed by atoms with E-state index in [2.05, 4.69) is 24.3 Å². The van der Waals surface area contributed by atoms with Crippen LogP contribution in [0.15, 0.2) is 12.3 Å². The fourth-order valence-corrected chi connectivity index (χ4v) is 4.09.